The van der Waals surface area contributed by atoms with Crippen molar-refractivity contribution in [2.24, 2.45) is 5.92 Å². The maximum Gasteiger partial charge on any atom is 0.408 e. The van der Waals surface area contributed by atoms with E-state index in [0.717, 1.165) is 11.1 Å². The van der Waals surface area contributed by atoms with Gasteiger partial charge in [-0.05, 0) is 112 Å². The fourth-order valence-corrected chi connectivity index (χ4v) is 5.11. The molecule has 0 aromatic heterocycles. The van der Waals surface area contributed by atoms with E-state index in [9.17, 15) is 22.8 Å². The molecule has 0 aliphatic heterocycles. The minimum absolute atomic E-state index is 0.0397. The van der Waals surface area contributed by atoms with Crippen LogP contribution in [0.4, 0.5) is 4.79 Å². The normalized spacial score (nSPS) is 13.7. The Bertz CT molecular complexity index is 1430. The first-order chi connectivity index (χ1) is 21.5. The van der Waals surface area contributed by atoms with Crippen molar-refractivity contribution in [1.29, 1.82) is 0 Å². The zero-order chi connectivity index (χ0) is 35.6. The summed E-state index contributed by atoms with van der Waals surface area (Å²) in [6, 6.07) is 12.3. The molecule has 0 aliphatic rings. The molecule has 0 bridgehead atoms. The predicted octanol–water partition coefficient (Wildman–Crippen LogP) is 6.29. The van der Waals surface area contributed by atoms with Gasteiger partial charge in [0.2, 0.25) is 0 Å². The fourth-order valence-electron chi connectivity index (χ4n) is 4.17. The number of amides is 1. The molecule has 0 aliphatic carbocycles. The molecule has 11 nitrogen and oxygen atoms in total. The first kappa shape index (κ1) is 39.5. The third-order valence-electron chi connectivity index (χ3n) is 6.15. The lowest BCUT2D eigenvalue weighted by molar-refractivity contribution is -0.162. The smallest absolute Gasteiger partial charge is 0.408 e. The summed E-state index contributed by atoms with van der Waals surface area (Å²) in [5.74, 6) is -1.50. The molecule has 1 unspecified atom stereocenters. The second-order valence-corrected chi connectivity index (χ2v) is 16.0. The molecule has 0 heterocycles. The van der Waals surface area contributed by atoms with Crippen LogP contribution in [0.15, 0.2) is 53.4 Å². The van der Waals surface area contributed by atoms with Gasteiger partial charge < -0.3 is 24.3 Å². The van der Waals surface area contributed by atoms with Crippen molar-refractivity contribution in [1.82, 2.24) is 5.32 Å². The number of rotatable bonds is 14. The summed E-state index contributed by atoms with van der Waals surface area (Å²) in [6.45, 7) is 17.6. The summed E-state index contributed by atoms with van der Waals surface area (Å²) in [5, 5.41) is 2.58. The van der Waals surface area contributed by atoms with E-state index in [-0.39, 0.29) is 31.0 Å². The van der Waals surface area contributed by atoms with E-state index < -0.39 is 56.9 Å². The minimum atomic E-state index is -3.85. The molecule has 2 atom stereocenters. The molecule has 12 heteroatoms. The van der Waals surface area contributed by atoms with E-state index >= 15 is 0 Å². The Kier molecular flexibility index (Phi) is 13.8. The maximum atomic E-state index is 13.4. The standard InChI is InChI=1S/C35H51NO10S/c1-24-12-18-28(19-13-24)47(40,41)43-21-11-20-42-27-16-14-25(15-17-27)22-26(30(37)44-33(2,3)4)23-29(31(38)45-34(5,6)7)36-32(39)46-35(8,9)10/h12-19,26,29H,11,20-23H2,1-10H3,(H,36,39)/t26-,29?/m0/s1. The number of carbonyl (C=O) groups is 3. The molecule has 0 saturated heterocycles. The molecule has 262 valence electrons. The van der Waals surface area contributed by atoms with Gasteiger partial charge in [-0.3, -0.25) is 8.98 Å². The number of benzene rings is 2. The Hall–Kier alpha value is -3.64. The molecule has 1 N–H and O–H groups in total. The molecule has 0 spiro atoms. The second kappa shape index (κ2) is 16.5. The molecule has 1 amide bonds. The van der Waals surface area contributed by atoms with Gasteiger partial charge in [0, 0.05) is 6.42 Å². The van der Waals surface area contributed by atoms with Crippen LogP contribution in [0.3, 0.4) is 0 Å². The Labute approximate surface area is 279 Å². The summed E-state index contributed by atoms with van der Waals surface area (Å²) in [7, 11) is -3.85. The summed E-state index contributed by atoms with van der Waals surface area (Å²) < 4.78 is 52.2. The van der Waals surface area contributed by atoms with E-state index in [4.69, 9.17) is 23.1 Å². The van der Waals surface area contributed by atoms with E-state index in [0.29, 0.717) is 12.2 Å². The number of hydrogen-bond acceptors (Lipinski definition) is 10. The highest BCUT2D eigenvalue weighted by molar-refractivity contribution is 7.86. The summed E-state index contributed by atoms with van der Waals surface area (Å²) in [6.07, 6.45) is -0.359. The van der Waals surface area contributed by atoms with Crippen LogP contribution in [0.2, 0.25) is 0 Å². The number of alkyl carbamates (subject to hydrolysis) is 1. The molecule has 2 aromatic carbocycles. The SMILES string of the molecule is Cc1ccc(S(=O)(=O)OCCCOc2ccc(C[C@@H](CC(NC(=O)OC(C)(C)C)C(=O)OC(C)(C)C)C(=O)OC(C)(C)C)cc2)cc1. The quantitative estimate of drug-likeness (QED) is 0.105. The fraction of sp³-hybridized carbons (Fsp3) is 0.571. The monoisotopic (exact) mass is 677 g/mol. The van der Waals surface area contributed by atoms with Gasteiger partial charge in [-0.1, -0.05) is 29.8 Å². The number of nitrogens with one attached hydrogen (secondary N) is 1. The van der Waals surface area contributed by atoms with Crippen LogP contribution in [-0.4, -0.2) is 62.5 Å². The van der Waals surface area contributed by atoms with Crippen LogP contribution < -0.4 is 10.1 Å². The van der Waals surface area contributed by atoms with Gasteiger partial charge in [-0.2, -0.15) is 8.42 Å². The van der Waals surface area contributed by atoms with Gasteiger partial charge in [-0.25, -0.2) is 9.59 Å². The van der Waals surface area contributed by atoms with Crippen molar-refractivity contribution in [3.63, 3.8) is 0 Å². The number of carbonyl (C=O) groups excluding carboxylic acids is 3. The number of ether oxygens (including phenoxy) is 4. The molecule has 2 aromatic rings. The van der Waals surface area contributed by atoms with E-state index in [1.54, 1.807) is 98.7 Å². The Morgan fingerprint density at radius 3 is 1.79 bits per heavy atom. The van der Waals surface area contributed by atoms with Crippen LogP contribution in [0.5, 0.6) is 5.75 Å². The maximum absolute atomic E-state index is 13.4. The van der Waals surface area contributed by atoms with Gasteiger partial charge in [-0.15, -0.1) is 0 Å². The molecular weight excluding hydrogens is 626 g/mol. The van der Waals surface area contributed by atoms with Crippen LogP contribution in [0.1, 0.15) is 86.3 Å². The summed E-state index contributed by atoms with van der Waals surface area (Å²) in [4.78, 5) is 39.3. The molecule has 0 radical (unpaired) electrons. The highest BCUT2D eigenvalue weighted by Gasteiger charge is 2.35. The number of aryl methyl sites for hydroxylation is 1. The molecule has 0 saturated carbocycles. The molecule has 0 fully saturated rings. The molecule has 47 heavy (non-hydrogen) atoms. The highest BCUT2D eigenvalue weighted by atomic mass is 32.2. The van der Waals surface area contributed by atoms with E-state index in [2.05, 4.69) is 5.32 Å². The van der Waals surface area contributed by atoms with Crippen LogP contribution in [0.25, 0.3) is 0 Å². The highest BCUT2D eigenvalue weighted by Crippen LogP contribution is 2.24. The lowest BCUT2D eigenvalue weighted by Crippen LogP contribution is -2.48. The Morgan fingerprint density at radius 2 is 1.26 bits per heavy atom. The van der Waals surface area contributed by atoms with Crippen molar-refractivity contribution in [3.8, 4) is 5.75 Å². The van der Waals surface area contributed by atoms with Gasteiger partial charge in [0.05, 0.1) is 24.0 Å². The van der Waals surface area contributed by atoms with Crippen molar-refractivity contribution >= 4 is 28.1 Å². The summed E-state index contributed by atoms with van der Waals surface area (Å²) >= 11 is 0. The van der Waals surface area contributed by atoms with Crippen molar-refractivity contribution < 1.29 is 45.9 Å². The molecule has 2 rings (SSSR count). The number of esters is 2. The second-order valence-electron chi connectivity index (χ2n) is 14.3. The third-order valence-corrected chi connectivity index (χ3v) is 7.48. The zero-order valence-corrected chi connectivity index (χ0v) is 30.1. The van der Waals surface area contributed by atoms with Crippen LogP contribution >= 0.6 is 0 Å². The van der Waals surface area contributed by atoms with Gasteiger partial charge in [0.25, 0.3) is 10.1 Å². The average molecular weight is 678 g/mol. The third kappa shape index (κ3) is 15.7. The predicted molar refractivity (Wildman–Crippen MR) is 178 cm³/mol. The minimum Gasteiger partial charge on any atom is -0.494 e. The lowest BCUT2D eigenvalue weighted by Gasteiger charge is -2.29. The first-order valence-corrected chi connectivity index (χ1v) is 17.1. The van der Waals surface area contributed by atoms with Crippen molar-refractivity contribution in [2.75, 3.05) is 13.2 Å². The van der Waals surface area contributed by atoms with Gasteiger partial charge in [0.15, 0.2) is 0 Å². The van der Waals surface area contributed by atoms with Gasteiger partial charge in [0.1, 0.15) is 28.6 Å². The van der Waals surface area contributed by atoms with Gasteiger partial charge >= 0.3 is 18.0 Å². The Balaban J connectivity index is 2.10. The van der Waals surface area contributed by atoms with Crippen LogP contribution in [0, 0.1) is 12.8 Å². The largest absolute Gasteiger partial charge is 0.494 e. The first-order valence-electron chi connectivity index (χ1n) is 15.7. The average Bonchev–Trinajstić information content (AvgIpc) is 2.90. The zero-order valence-electron chi connectivity index (χ0n) is 29.3. The van der Waals surface area contributed by atoms with E-state index in [1.807, 2.05) is 6.92 Å². The number of hydrogen-bond donors (Lipinski definition) is 1. The Morgan fingerprint density at radius 1 is 0.723 bits per heavy atom. The van der Waals surface area contributed by atoms with Crippen molar-refractivity contribution in [2.45, 2.75) is 116 Å². The van der Waals surface area contributed by atoms with E-state index in [1.165, 1.54) is 12.1 Å². The lowest BCUT2D eigenvalue weighted by atomic mass is 9.92. The molecular formula is C35H51NO10S. The van der Waals surface area contributed by atoms with Crippen LogP contribution in [-0.2, 0) is 44.5 Å². The summed E-state index contributed by atoms with van der Waals surface area (Å²) in [5.41, 5.74) is -0.701. The topological polar surface area (TPSA) is 144 Å². The van der Waals surface area contributed by atoms with Crippen molar-refractivity contribution in [3.05, 3.63) is 59.7 Å².